The molecule has 1 aromatic heterocycles. The van der Waals surface area contributed by atoms with E-state index in [1.165, 1.54) is 0 Å². The molecular formula is C11H17NO2. The fourth-order valence-corrected chi connectivity index (χ4v) is 1.18. The standard InChI is InChI=1S/C11H17NO2/c1-8(2)14-11-6-4-5-10(12-11)7-9(3)13/h4-6,8-9,13H,7H2,1-3H3/t9-/m0/s1. The van der Waals surface area contributed by atoms with Gasteiger partial charge in [0.1, 0.15) is 0 Å². The smallest absolute Gasteiger partial charge is 0.213 e. The molecule has 0 aliphatic rings. The van der Waals surface area contributed by atoms with Crippen molar-refractivity contribution < 1.29 is 9.84 Å². The zero-order chi connectivity index (χ0) is 10.6. The number of hydrogen-bond donors (Lipinski definition) is 1. The first-order valence-electron chi connectivity index (χ1n) is 4.88. The first-order valence-corrected chi connectivity index (χ1v) is 4.88. The lowest BCUT2D eigenvalue weighted by molar-refractivity contribution is 0.193. The molecule has 14 heavy (non-hydrogen) atoms. The van der Waals surface area contributed by atoms with Gasteiger partial charge in [-0.1, -0.05) is 6.07 Å². The Hall–Kier alpha value is -1.09. The van der Waals surface area contributed by atoms with Crippen LogP contribution in [0.4, 0.5) is 0 Å². The topological polar surface area (TPSA) is 42.4 Å². The van der Waals surface area contributed by atoms with E-state index in [1.807, 2.05) is 32.0 Å². The molecular weight excluding hydrogens is 178 g/mol. The number of aromatic nitrogens is 1. The van der Waals surface area contributed by atoms with Gasteiger partial charge >= 0.3 is 0 Å². The van der Waals surface area contributed by atoms with Crippen LogP contribution in [0.25, 0.3) is 0 Å². The third-order valence-corrected chi connectivity index (χ3v) is 1.64. The molecule has 1 atom stereocenters. The highest BCUT2D eigenvalue weighted by Crippen LogP contribution is 2.10. The van der Waals surface area contributed by atoms with Crippen molar-refractivity contribution in [1.82, 2.24) is 4.98 Å². The van der Waals surface area contributed by atoms with Gasteiger partial charge in [0.25, 0.3) is 0 Å². The quantitative estimate of drug-likeness (QED) is 0.796. The molecule has 0 unspecified atom stereocenters. The van der Waals surface area contributed by atoms with Crippen molar-refractivity contribution >= 4 is 0 Å². The molecule has 1 aromatic rings. The zero-order valence-corrected chi connectivity index (χ0v) is 8.90. The maximum atomic E-state index is 9.20. The van der Waals surface area contributed by atoms with E-state index < -0.39 is 0 Å². The van der Waals surface area contributed by atoms with Crippen LogP contribution in [-0.2, 0) is 6.42 Å². The number of rotatable bonds is 4. The van der Waals surface area contributed by atoms with Gasteiger partial charge in [-0.25, -0.2) is 4.98 Å². The van der Waals surface area contributed by atoms with Crippen molar-refractivity contribution in [2.45, 2.75) is 39.4 Å². The van der Waals surface area contributed by atoms with Crippen LogP contribution >= 0.6 is 0 Å². The fourth-order valence-electron chi connectivity index (χ4n) is 1.18. The molecule has 1 rings (SSSR count). The van der Waals surface area contributed by atoms with Gasteiger partial charge < -0.3 is 9.84 Å². The summed E-state index contributed by atoms with van der Waals surface area (Å²) in [5, 5.41) is 9.20. The minimum Gasteiger partial charge on any atom is -0.475 e. The predicted octanol–water partition coefficient (Wildman–Crippen LogP) is 1.79. The Kier molecular flexibility index (Phi) is 3.89. The molecule has 0 saturated carbocycles. The molecule has 78 valence electrons. The molecule has 0 radical (unpaired) electrons. The highest BCUT2D eigenvalue weighted by molar-refractivity contribution is 5.16. The van der Waals surface area contributed by atoms with Crippen LogP contribution in [0, 0.1) is 0 Å². The molecule has 0 spiro atoms. The highest BCUT2D eigenvalue weighted by Gasteiger charge is 2.03. The SMILES string of the molecule is CC(C)Oc1cccc(C[C@H](C)O)n1. The number of hydrogen-bond acceptors (Lipinski definition) is 3. The lowest BCUT2D eigenvalue weighted by Gasteiger charge is -2.10. The van der Waals surface area contributed by atoms with E-state index in [1.54, 1.807) is 6.92 Å². The van der Waals surface area contributed by atoms with Crippen LogP contribution in [0.3, 0.4) is 0 Å². The van der Waals surface area contributed by atoms with Crippen molar-refractivity contribution in [2.75, 3.05) is 0 Å². The van der Waals surface area contributed by atoms with Crippen molar-refractivity contribution in [3.05, 3.63) is 23.9 Å². The second-order valence-corrected chi connectivity index (χ2v) is 3.69. The Balaban J connectivity index is 2.68. The summed E-state index contributed by atoms with van der Waals surface area (Å²) in [4.78, 5) is 4.27. The van der Waals surface area contributed by atoms with Gasteiger partial charge in [-0.15, -0.1) is 0 Å². The van der Waals surface area contributed by atoms with Gasteiger partial charge in [0, 0.05) is 18.2 Å². The van der Waals surface area contributed by atoms with Crippen molar-refractivity contribution in [3.63, 3.8) is 0 Å². The van der Waals surface area contributed by atoms with E-state index in [4.69, 9.17) is 4.74 Å². The third-order valence-electron chi connectivity index (χ3n) is 1.64. The summed E-state index contributed by atoms with van der Waals surface area (Å²) in [7, 11) is 0. The highest BCUT2D eigenvalue weighted by atomic mass is 16.5. The van der Waals surface area contributed by atoms with E-state index in [0.29, 0.717) is 12.3 Å². The van der Waals surface area contributed by atoms with Gasteiger partial charge in [-0.2, -0.15) is 0 Å². The first-order chi connectivity index (χ1) is 6.58. The van der Waals surface area contributed by atoms with Gasteiger partial charge in [0.15, 0.2) is 0 Å². The van der Waals surface area contributed by atoms with Crippen molar-refractivity contribution in [3.8, 4) is 5.88 Å². The lowest BCUT2D eigenvalue weighted by atomic mass is 10.2. The minimum atomic E-state index is -0.364. The Morgan fingerprint density at radius 2 is 2.07 bits per heavy atom. The predicted molar refractivity (Wildman–Crippen MR) is 55.4 cm³/mol. The molecule has 0 aliphatic heterocycles. The van der Waals surface area contributed by atoms with Crippen LogP contribution in [-0.4, -0.2) is 22.3 Å². The summed E-state index contributed by atoms with van der Waals surface area (Å²) in [6.45, 7) is 5.67. The second kappa shape index (κ2) is 4.96. The van der Waals surface area contributed by atoms with Gasteiger partial charge in [0.05, 0.1) is 12.2 Å². The van der Waals surface area contributed by atoms with Crippen LogP contribution in [0.5, 0.6) is 5.88 Å². The normalized spacial score (nSPS) is 12.9. The summed E-state index contributed by atoms with van der Waals surface area (Å²) in [6.07, 6.45) is 0.330. The summed E-state index contributed by atoms with van der Waals surface area (Å²) in [6, 6.07) is 5.61. The average molecular weight is 195 g/mol. The van der Waals surface area contributed by atoms with Gasteiger partial charge in [-0.3, -0.25) is 0 Å². The van der Waals surface area contributed by atoms with Crippen molar-refractivity contribution in [1.29, 1.82) is 0 Å². The summed E-state index contributed by atoms with van der Waals surface area (Å²) < 4.78 is 5.44. The van der Waals surface area contributed by atoms with Crippen LogP contribution < -0.4 is 4.74 Å². The maximum Gasteiger partial charge on any atom is 0.213 e. The first kappa shape index (κ1) is 11.0. The van der Waals surface area contributed by atoms with Crippen LogP contribution in [0.1, 0.15) is 26.5 Å². The van der Waals surface area contributed by atoms with Crippen LogP contribution in [0.2, 0.25) is 0 Å². The van der Waals surface area contributed by atoms with E-state index in [0.717, 1.165) is 5.69 Å². The molecule has 3 nitrogen and oxygen atoms in total. The molecule has 0 aliphatic carbocycles. The Labute approximate surface area is 84.7 Å². The number of aliphatic hydroxyl groups excluding tert-OH is 1. The summed E-state index contributed by atoms with van der Waals surface area (Å²) >= 11 is 0. The van der Waals surface area contributed by atoms with Crippen molar-refractivity contribution in [2.24, 2.45) is 0 Å². The fraction of sp³-hybridized carbons (Fsp3) is 0.545. The summed E-state index contributed by atoms with van der Waals surface area (Å²) in [5.74, 6) is 0.623. The summed E-state index contributed by atoms with van der Waals surface area (Å²) in [5.41, 5.74) is 0.859. The van der Waals surface area contributed by atoms with E-state index in [-0.39, 0.29) is 12.2 Å². The Bertz CT molecular complexity index is 259. The maximum absolute atomic E-state index is 9.20. The largest absolute Gasteiger partial charge is 0.475 e. The van der Waals surface area contributed by atoms with E-state index >= 15 is 0 Å². The molecule has 0 fully saturated rings. The number of ether oxygens (including phenoxy) is 1. The minimum absolute atomic E-state index is 0.129. The Morgan fingerprint density at radius 1 is 1.36 bits per heavy atom. The van der Waals surface area contributed by atoms with Gasteiger partial charge in [0.2, 0.25) is 5.88 Å². The lowest BCUT2D eigenvalue weighted by Crippen LogP contribution is -2.09. The van der Waals surface area contributed by atoms with E-state index in [9.17, 15) is 5.11 Å². The monoisotopic (exact) mass is 195 g/mol. The number of aliphatic hydroxyl groups is 1. The molecule has 0 bridgehead atoms. The van der Waals surface area contributed by atoms with Crippen LogP contribution in [0.15, 0.2) is 18.2 Å². The van der Waals surface area contributed by atoms with E-state index in [2.05, 4.69) is 4.98 Å². The zero-order valence-electron chi connectivity index (χ0n) is 8.90. The molecule has 1 heterocycles. The third kappa shape index (κ3) is 3.75. The number of pyridine rings is 1. The second-order valence-electron chi connectivity index (χ2n) is 3.69. The molecule has 3 heteroatoms. The Morgan fingerprint density at radius 3 is 2.64 bits per heavy atom. The van der Waals surface area contributed by atoms with Gasteiger partial charge in [-0.05, 0) is 26.8 Å². The molecule has 0 saturated heterocycles. The molecule has 0 amide bonds. The molecule has 1 N–H and O–H groups in total. The number of nitrogens with zero attached hydrogens (tertiary/aromatic N) is 1. The average Bonchev–Trinajstić information content (AvgIpc) is 2.01. The molecule has 0 aromatic carbocycles.